The Labute approximate surface area is 159 Å². The molecule has 2 aromatic rings. The summed E-state index contributed by atoms with van der Waals surface area (Å²) < 4.78 is 0. The predicted molar refractivity (Wildman–Crippen MR) is 105 cm³/mol. The molecule has 0 saturated carbocycles. The predicted octanol–water partition coefficient (Wildman–Crippen LogP) is 2.96. The summed E-state index contributed by atoms with van der Waals surface area (Å²) in [5.74, 6) is -0.0573. The molecule has 1 fully saturated rings. The summed E-state index contributed by atoms with van der Waals surface area (Å²) in [5, 5.41) is 14.1. The van der Waals surface area contributed by atoms with Crippen LogP contribution in [0, 0.1) is 24.0 Å². The molecule has 6 nitrogen and oxygen atoms in total. The highest BCUT2D eigenvalue weighted by atomic mass is 16.6. The minimum absolute atomic E-state index is 0.0429. The van der Waals surface area contributed by atoms with Crippen molar-refractivity contribution >= 4 is 17.3 Å². The first kappa shape index (κ1) is 19.0. The van der Waals surface area contributed by atoms with Gasteiger partial charge in [0.15, 0.2) is 6.04 Å². The van der Waals surface area contributed by atoms with Crippen molar-refractivity contribution < 1.29 is 14.6 Å². The first-order chi connectivity index (χ1) is 13.0. The number of rotatable bonds is 5. The molecule has 142 valence electrons. The van der Waals surface area contributed by atoms with Crippen molar-refractivity contribution in [2.24, 2.45) is 0 Å². The molecule has 1 amide bonds. The van der Waals surface area contributed by atoms with Gasteiger partial charge in [-0.25, -0.2) is 0 Å². The van der Waals surface area contributed by atoms with E-state index in [2.05, 4.69) is 5.32 Å². The van der Waals surface area contributed by atoms with Gasteiger partial charge in [0.25, 0.3) is 11.6 Å². The molecule has 27 heavy (non-hydrogen) atoms. The Morgan fingerprint density at radius 1 is 1.04 bits per heavy atom. The lowest BCUT2D eigenvalue weighted by Crippen LogP contribution is -3.14. The third-order valence-corrected chi connectivity index (χ3v) is 5.33. The molecule has 6 heteroatoms. The van der Waals surface area contributed by atoms with Crippen LogP contribution in [0.1, 0.15) is 42.0 Å². The van der Waals surface area contributed by atoms with E-state index >= 15 is 0 Å². The quantitative estimate of drug-likeness (QED) is 0.629. The number of likely N-dealkylation sites (tertiary alicyclic amines) is 1. The molecule has 0 aromatic heterocycles. The van der Waals surface area contributed by atoms with Gasteiger partial charge in [-0.3, -0.25) is 14.9 Å². The van der Waals surface area contributed by atoms with Crippen molar-refractivity contribution in [3.05, 3.63) is 69.3 Å². The summed E-state index contributed by atoms with van der Waals surface area (Å²) in [6.07, 6.45) is 3.37. The fraction of sp³-hybridized carbons (Fsp3) is 0.381. The molecule has 0 spiro atoms. The van der Waals surface area contributed by atoms with Crippen LogP contribution in [0.5, 0.6) is 0 Å². The molecule has 0 aliphatic carbocycles. The van der Waals surface area contributed by atoms with Gasteiger partial charge >= 0.3 is 0 Å². The van der Waals surface area contributed by atoms with Crippen molar-refractivity contribution in [3.8, 4) is 0 Å². The Balaban J connectivity index is 1.91. The maximum atomic E-state index is 13.3. The van der Waals surface area contributed by atoms with Crippen molar-refractivity contribution in [3.63, 3.8) is 0 Å². The molecule has 2 N–H and O–H groups in total. The van der Waals surface area contributed by atoms with Crippen LogP contribution in [0.2, 0.25) is 0 Å². The minimum Gasteiger partial charge on any atom is -0.321 e. The largest absolute Gasteiger partial charge is 0.321 e. The first-order valence-electron chi connectivity index (χ1n) is 9.43. The van der Waals surface area contributed by atoms with Gasteiger partial charge in [0.05, 0.1) is 18.0 Å². The van der Waals surface area contributed by atoms with Gasteiger partial charge in [-0.15, -0.1) is 0 Å². The van der Waals surface area contributed by atoms with Gasteiger partial charge < -0.3 is 10.2 Å². The van der Waals surface area contributed by atoms with Gasteiger partial charge in [0.1, 0.15) is 0 Å². The van der Waals surface area contributed by atoms with E-state index in [0.717, 1.165) is 48.3 Å². The molecule has 1 aliphatic rings. The number of nitrogens with one attached hydrogen (secondary N) is 2. The highest BCUT2D eigenvalue weighted by Gasteiger charge is 2.33. The maximum absolute atomic E-state index is 13.3. The number of para-hydroxylation sites is 1. The highest BCUT2D eigenvalue weighted by molar-refractivity contribution is 5.96. The average molecular weight is 368 g/mol. The van der Waals surface area contributed by atoms with Crippen LogP contribution < -0.4 is 10.2 Å². The molecule has 0 unspecified atom stereocenters. The first-order valence-corrected chi connectivity index (χ1v) is 9.43. The van der Waals surface area contributed by atoms with Crippen LogP contribution in [0.15, 0.2) is 42.5 Å². The van der Waals surface area contributed by atoms with Crippen LogP contribution in [-0.2, 0) is 4.79 Å². The zero-order valence-electron chi connectivity index (χ0n) is 15.8. The van der Waals surface area contributed by atoms with Gasteiger partial charge in [-0.1, -0.05) is 18.2 Å². The number of aryl methyl sites for hydroxylation is 2. The van der Waals surface area contributed by atoms with E-state index in [9.17, 15) is 14.9 Å². The summed E-state index contributed by atoms with van der Waals surface area (Å²) in [7, 11) is 0. The van der Waals surface area contributed by atoms with Crippen molar-refractivity contribution in [1.82, 2.24) is 0 Å². The Bertz CT molecular complexity index is 807. The van der Waals surface area contributed by atoms with Crippen molar-refractivity contribution in [1.29, 1.82) is 0 Å². The molecule has 1 aliphatic heterocycles. The minimum atomic E-state index is -0.413. The number of piperidine rings is 1. The van der Waals surface area contributed by atoms with Crippen LogP contribution in [-0.4, -0.2) is 23.9 Å². The monoisotopic (exact) mass is 368 g/mol. The van der Waals surface area contributed by atoms with Crippen LogP contribution in [0.25, 0.3) is 0 Å². The van der Waals surface area contributed by atoms with Crippen LogP contribution in [0.3, 0.4) is 0 Å². The number of carbonyl (C=O) groups is 1. The number of benzene rings is 2. The second-order valence-corrected chi connectivity index (χ2v) is 7.26. The Morgan fingerprint density at radius 3 is 2.19 bits per heavy atom. The second kappa shape index (κ2) is 8.31. The summed E-state index contributed by atoms with van der Waals surface area (Å²) in [6, 6.07) is 12.0. The van der Waals surface area contributed by atoms with Gasteiger partial charge in [0, 0.05) is 23.4 Å². The van der Waals surface area contributed by atoms with Crippen LogP contribution in [0.4, 0.5) is 11.4 Å². The lowest BCUT2D eigenvalue weighted by molar-refractivity contribution is -0.926. The van der Waals surface area contributed by atoms with E-state index in [4.69, 9.17) is 0 Å². The van der Waals surface area contributed by atoms with E-state index in [1.165, 1.54) is 23.5 Å². The molecule has 0 bridgehead atoms. The van der Waals surface area contributed by atoms with Gasteiger partial charge in [0.2, 0.25) is 0 Å². The molecular weight excluding hydrogens is 342 g/mol. The second-order valence-electron chi connectivity index (χ2n) is 7.26. The highest BCUT2D eigenvalue weighted by Crippen LogP contribution is 2.23. The molecule has 3 rings (SSSR count). The zero-order chi connectivity index (χ0) is 19.4. The van der Waals surface area contributed by atoms with Crippen LogP contribution >= 0.6 is 0 Å². The normalized spacial score (nSPS) is 15.9. The number of amides is 1. The molecule has 1 heterocycles. The van der Waals surface area contributed by atoms with Gasteiger partial charge in [-0.2, -0.15) is 0 Å². The fourth-order valence-electron chi connectivity index (χ4n) is 3.86. The smallest absolute Gasteiger partial charge is 0.287 e. The number of non-ortho nitro benzene ring substituents is 1. The van der Waals surface area contributed by atoms with Crippen molar-refractivity contribution in [2.75, 3.05) is 18.4 Å². The third-order valence-electron chi connectivity index (χ3n) is 5.33. The SMILES string of the molecule is Cc1cccc(C)c1NC(=O)[C@@H](c1ccc([N+](=O)[O-])cc1)[NH+]1CCCCC1. The Kier molecular flexibility index (Phi) is 5.86. The third kappa shape index (κ3) is 4.34. The topological polar surface area (TPSA) is 76.7 Å². The van der Waals surface area contributed by atoms with Crippen molar-refractivity contribution in [2.45, 2.75) is 39.2 Å². The Hall–Kier alpha value is -2.73. The maximum Gasteiger partial charge on any atom is 0.287 e. The number of quaternary nitrogens is 1. The average Bonchev–Trinajstić information content (AvgIpc) is 2.66. The molecule has 2 aromatic carbocycles. The zero-order valence-corrected chi connectivity index (χ0v) is 15.8. The summed E-state index contributed by atoms with van der Waals surface area (Å²) >= 11 is 0. The number of hydrogen-bond acceptors (Lipinski definition) is 3. The number of nitrogens with zero attached hydrogens (tertiary/aromatic N) is 1. The van der Waals surface area contributed by atoms with E-state index in [1.807, 2.05) is 32.0 Å². The molecule has 0 radical (unpaired) electrons. The fourth-order valence-corrected chi connectivity index (χ4v) is 3.86. The van der Waals surface area contributed by atoms with E-state index in [-0.39, 0.29) is 17.6 Å². The number of nitro groups is 1. The number of anilines is 1. The Morgan fingerprint density at radius 2 is 1.63 bits per heavy atom. The summed E-state index contributed by atoms with van der Waals surface area (Å²) in [4.78, 5) is 25.0. The summed E-state index contributed by atoms with van der Waals surface area (Å²) in [6.45, 7) is 5.83. The lowest BCUT2D eigenvalue weighted by atomic mass is 10.00. The molecule has 1 atom stereocenters. The molecular formula is C21H26N3O3+. The van der Waals surface area contributed by atoms with E-state index < -0.39 is 4.92 Å². The summed E-state index contributed by atoms with van der Waals surface area (Å²) in [5.41, 5.74) is 3.77. The number of hydrogen-bond donors (Lipinski definition) is 2. The van der Waals surface area contributed by atoms with E-state index in [0.29, 0.717) is 0 Å². The standard InChI is InChI=1S/C21H25N3O3/c1-15-7-6-8-16(2)19(15)22-21(25)20(23-13-4-3-5-14-23)17-9-11-18(12-10-17)24(26)27/h6-12,20H,3-5,13-14H2,1-2H3,(H,22,25)/p+1/t20-/m1/s1. The lowest BCUT2D eigenvalue weighted by Gasteiger charge is -2.31. The van der Waals surface area contributed by atoms with E-state index in [1.54, 1.807) is 12.1 Å². The van der Waals surface area contributed by atoms with Gasteiger partial charge in [-0.05, 0) is 56.4 Å². The number of carbonyl (C=O) groups excluding carboxylic acids is 1. The molecule has 1 saturated heterocycles. The number of nitro benzene ring substituents is 1.